The molecule has 0 radical (unpaired) electrons. The molecule has 0 unspecified atom stereocenters. The molecule has 1 rings (SSSR count). The molecule has 0 spiro atoms. The molecule has 1 fully saturated rings. The molecule has 2 atom stereocenters. The van der Waals surface area contributed by atoms with Crippen LogP contribution in [0.25, 0.3) is 0 Å². The van der Waals surface area contributed by atoms with Gasteiger partial charge in [0, 0.05) is 12.3 Å². The molecule has 11 heavy (non-hydrogen) atoms. The van der Waals surface area contributed by atoms with E-state index in [0.717, 1.165) is 19.3 Å². The van der Waals surface area contributed by atoms with Crippen LogP contribution in [0.5, 0.6) is 0 Å². The Balaban J connectivity index is 2.50. The number of rotatable bonds is 2. The van der Waals surface area contributed by atoms with E-state index in [-0.39, 0.29) is 17.7 Å². The average molecular weight is 177 g/mol. The van der Waals surface area contributed by atoms with Crippen LogP contribution < -0.4 is 5.73 Å². The zero-order chi connectivity index (χ0) is 8.48. The largest absolute Gasteiger partial charge is 0.327 e. The molecule has 0 bridgehead atoms. The van der Waals surface area contributed by atoms with E-state index in [9.17, 15) is 8.42 Å². The highest BCUT2D eigenvalue weighted by atomic mass is 32.2. The Hall–Kier alpha value is -0.0900. The van der Waals surface area contributed by atoms with Crippen molar-refractivity contribution in [3.63, 3.8) is 0 Å². The van der Waals surface area contributed by atoms with Crippen LogP contribution in [0.4, 0.5) is 0 Å². The monoisotopic (exact) mass is 177 g/mol. The van der Waals surface area contributed by atoms with E-state index in [2.05, 4.69) is 0 Å². The van der Waals surface area contributed by atoms with E-state index >= 15 is 0 Å². The highest BCUT2D eigenvalue weighted by Crippen LogP contribution is 2.24. The Morgan fingerprint density at radius 3 is 2.45 bits per heavy atom. The van der Waals surface area contributed by atoms with Gasteiger partial charge in [-0.15, -0.1) is 0 Å². The summed E-state index contributed by atoms with van der Waals surface area (Å²) >= 11 is 0. The molecule has 66 valence electrons. The third kappa shape index (κ3) is 2.79. The maximum atomic E-state index is 10.9. The summed E-state index contributed by atoms with van der Waals surface area (Å²) in [5.74, 6) is 0.485. The Morgan fingerprint density at radius 2 is 2.09 bits per heavy atom. The van der Waals surface area contributed by atoms with Gasteiger partial charge in [-0.05, 0) is 18.8 Å². The molecule has 4 heteroatoms. The Morgan fingerprint density at radius 1 is 1.45 bits per heavy atom. The van der Waals surface area contributed by atoms with E-state index in [4.69, 9.17) is 5.73 Å². The smallest absolute Gasteiger partial charge is 0.147 e. The summed E-state index contributed by atoms with van der Waals surface area (Å²) in [6.45, 7) is 0. The van der Waals surface area contributed by atoms with E-state index < -0.39 is 9.84 Å². The van der Waals surface area contributed by atoms with Crippen molar-refractivity contribution in [2.45, 2.75) is 25.3 Å². The minimum atomic E-state index is -2.82. The maximum absolute atomic E-state index is 10.9. The van der Waals surface area contributed by atoms with E-state index in [0.29, 0.717) is 0 Å². The van der Waals surface area contributed by atoms with Crippen molar-refractivity contribution < 1.29 is 8.42 Å². The normalized spacial score (nSPS) is 32.5. The fourth-order valence-electron chi connectivity index (χ4n) is 1.66. The minimum absolute atomic E-state index is 0.115. The molecule has 0 heterocycles. The van der Waals surface area contributed by atoms with Crippen molar-refractivity contribution in [3.8, 4) is 0 Å². The highest BCUT2D eigenvalue weighted by molar-refractivity contribution is 7.90. The third-order valence-corrected chi connectivity index (χ3v) is 3.27. The molecular weight excluding hydrogens is 162 g/mol. The molecule has 0 amide bonds. The van der Waals surface area contributed by atoms with Crippen molar-refractivity contribution in [1.29, 1.82) is 0 Å². The SMILES string of the molecule is CS(=O)(=O)C[C@@H]1CCC[C@H]1N. The van der Waals surface area contributed by atoms with Crippen LogP contribution in [0, 0.1) is 5.92 Å². The van der Waals surface area contributed by atoms with Crippen molar-refractivity contribution in [2.24, 2.45) is 11.7 Å². The molecular formula is C7H15NO2S. The van der Waals surface area contributed by atoms with Gasteiger partial charge >= 0.3 is 0 Å². The molecule has 0 aromatic rings. The molecule has 1 aliphatic carbocycles. The first kappa shape index (κ1) is 9.00. The standard InChI is InChI=1S/C7H15NO2S/c1-11(9,10)5-6-3-2-4-7(6)8/h6-7H,2-5,8H2,1H3/t6-,7+/m0/s1. The van der Waals surface area contributed by atoms with Crippen molar-refractivity contribution in [2.75, 3.05) is 12.0 Å². The zero-order valence-corrected chi connectivity index (χ0v) is 7.60. The molecule has 0 aromatic carbocycles. The zero-order valence-electron chi connectivity index (χ0n) is 6.79. The van der Waals surface area contributed by atoms with Crippen LogP contribution in [0.3, 0.4) is 0 Å². The average Bonchev–Trinajstić information content (AvgIpc) is 2.12. The molecule has 0 saturated heterocycles. The number of hydrogen-bond acceptors (Lipinski definition) is 3. The lowest BCUT2D eigenvalue weighted by atomic mass is 10.1. The fourth-order valence-corrected chi connectivity index (χ4v) is 2.85. The Bertz CT molecular complexity index is 223. The van der Waals surface area contributed by atoms with Gasteiger partial charge in [-0.3, -0.25) is 0 Å². The van der Waals surface area contributed by atoms with E-state index in [1.54, 1.807) is 0 Å². The summed E-state index contributed by atoms with van der Waals surface area (Å²) in [7, 11) is -2.82. The quantitative estimate of drug-likeness (QED) is 0.653. The van der Waals surface area contributed by atoms with Gasteiger partial charge in [0.15, 0.2) is 0 Å². The summed E-state index contributed by atoms with van der Waals surface area (Å²) in [5.41, 5.74) is 5.72. The van der Waals surface area contributed by atoms with E-state index in [1.165, 1.54) is 6.26 Å². The predicted molar refractivity (Wildman–Crippen MR) is 45.0 cm³/mol. The summed E-state index contributed by atoms with van der Waals surface area (Å²) < 4.78 is 21.8. The van der Waals surface area contributed by atoms with Crippen LogP contribution >= 0.6 is 0 Å². The van der Waals surface area contributed by atoms with Gasteiger partial charge in [-0.2, -0.15) is 0 Å². The highest BCUT2D eigenvalue weighted by Gasteiger charge is 2.26. The van der Waals surface area contributed by atoms with Crippen molar-refractivity contribution in [3.05, 3.63) is 0 Å². The van der Waals surface area contributed by atoms with Crippen LogP contribution in [0.2, 0.25) is 0 Å². The van der Waals surface area contributed by atoms with Gasteiger partial charge < -0.3 is 5.73 Å². The van der Waals surface area contributed by atoms with Crippen molar-refractivity contribution >= 4 is 9.84 Å². The topological polar surface area (TPSA) is 60.2 Å². The first-order valence-corrected chi connectivity index (χ1v) is 5.98. The predicted octanol–water partition coefficient (Wildman–Crippen LogP) is 0.158. The first-order chi connectivity index (χ1) is 4.99. The second-order valence-electron chi connectivity index (χ2n) is 3.45. The van der Waals surface area contributed by atoms with Gasteiger partial charge in [0.2, 0.25) is 0 Å². The van der Waals surface area contributed by atoms with Crippen LogP contribution in [-0.4, -0.2) is 26.5 Å². The molecule has 1 saturated carbocycles. The first-order valence-electron chi connectivity index (χ1n) is 3.92. The van der Waals surface area contributed by atoms with Crippen LogP contribution in [0.15, 0.2) is 0 Å². The number of sulfone groups is 1. The molecule has 2 N–H and O–H groups in total. The van der Waals surface area contributed by atoms with Crippen LogP contribution in [0.1, 0.15) is 19.3 Å². The van der Waals surface area contributed by atoms with Gasteiger partial charge in [0.1, 0.15) is 9.84 Å². The summed E-state index contributed by atoms with van der Waals surface area (Å²) in [6.07, 6.45) is 4.33. The summed E-state index contributed by atoms with van der Waals surface area (Å²) in [4.78, 5) is 0. The molecule has 1 aliphatic rings. The lowest BCUT2D eigenvalue weighted by Gasteiger charge is -2.12. The van der Waals surface area contributed by atoms with Gasteiger partial charge in [-0.1, -0.05) is 6.42 Å². The van der Waals surface area contributed by atoms with Crippen LogP contribution in [-0.2, 0) is 9.84 Å². The molecule has 3 nitrogen and oxygen atoms in total. The maximum Gasteiger partial charge on any atom is 0.147 e. The summed E-state index contributed by atoms with van der Waals surface area (Å²) in [5, 5.41) is 0. The Labute approximate surface area is 67.9 Å². The number of hydrogen-bond donors (Lipinski definition) is 1. The third-order valence-electron chi connectivity index (χ3n) is 2.23. The molecule has 0 aromatic heterocycles. The van der Waals surface area contributed by atoms with E-state index in [1.807, 2.05) is 0 Å². The lowest BCUT2D eigenvalue weighted by Crippen LogP contribution is -2.29. The van der Waals surface area contributed by atoms with Gasteiger partial charge in [0.05, 0.1) is 5.75 Å². The minimum Gasteiger partial charge on any atom is -0.327 e. The van der Waals surface area contributed by atoms with Gasteiger partial charge in [0.25, 0.3) is 0 Å². The molecule has 0 aliphatic heterocycles. The second kappa shape index (κ2) is 3.11. The number of nitrogens with two attached hydrogens (primary N) is 1. The fraction of sp³-hybridized carbons (Fsp3) is 1.00. The summed E-state index contributed by atoms with van der Waals surface area (Å²) in [6, 6.07) is 0.115. The lowest BCUT2D eigenvalue weighted by molar-refractivity contribution is 0.514. The van der Waals surface area contributed by atoms with Crippen molar-refractivity contribution in [1.82, 2.24) is 0 Å². The Kier molecular flexibility index (Phi) is 2.54. The second-order valence-corrected chi connectivity index (χ2v) is 5.63. The van der Waals surface area contributed by atoms with Gasteiger partial charge in [-0.25, -0.2) is 8.42 Å².